The van der Waals surface area contributed by atoms with Gasteiger partial charge in [-0.3, -0.25) is 14.2 Å². The first-order valence-corrected chi connectivity index (χ1v) is 11.5. The number of piperidine rings is 1. The lowest BCUT2D eigenvalue weighted by Gasteiger charge is -2.26. The molecule has 4 rings (SSSR count). The van der Waals surface area contributed by atoms with Crippen molar-refractivity contribution in [3.05, 3.63) is 39.6 Å². The Balaban J connectivity index is 1.37. The highest BCUT2D eigenvalue weighted by Crippen LogP contribution is 2.33. The minimum Gasteiger partial charge on any atom is -0.354 e. The van der Waals surface area contributed by atoms with E-state index in [1.165, 1.54) is 54.6 Å². The van der Waals surface area contributed by atoms with Gasteiger partial charge in [0.1, 0.15) is 11.4 Å². The highest BCUT2D eigenvalue weighted by atomic mass is 32.1. The van der Waals surface area contributed by atoms with E-state index in [1.54, 1.807) is 11.3 Å². The van der Waals surface area contributed by atoms with Crippen molar-refractivity contribution in [2.45, 2.75) is 32.2 Å². The van der Waals surface area contributed by atoms with Gasteiger partial charge < -0.3 is 10.2 Å². The van der Waals surface area contributed by atoms with E-state index in [2.05, 4.69) is 15.2 Å². The van der Waals surface area contributed by atoms with Crippen molar-refractivity contribution in [2.75, 3.05) is 26.2 Å². The second-order valence-corrected chi connectivity index (χ2v) is 8.90. The van der Waals surface area contributed by atoms with E-state index >= 15 is 0 Å². The van der Waals surface area contributed by atoms with Crippen LogP contribution in [0.25, 0.3) is 20.7 Å². The normalized spacial score (nSPS) is 15.1. The fourth-order valence-corrected chi connectivity index (χ4v) is 5.34. The third-order valence-corrected chi connectivity index (χ3v) is 6.87. The number of hydrogen-bond donors (Lipinski definition) is 1. The third-order valence-electron chi connectivity index (χ3n) is 5.08. The summed E-state index contributed by atoms with van der Waals surface area (Å²) in [6.45, 7) is 4.00. The molecule has 0 unspecified atom stereocenters. The smallest absolute Gasteiger partial charge is 0.263 e. The van der Waals surface area contributed by atoms with Gasteiger partial charge in [0.05, 0.1) is 11.7 Å². The van der Waals surface area contributed by atoms with E-state index in [1.807, 2.05) is 22.9 Å². The highest BCUT2D eigenvalue weighted by Gasteiger charge is 2.15. The van der Waals surface area contributed by atoms with Crippen LogP contribution in [0.15, 0.2) is 34.0 Å². The molecule has 0 bridgehead atoms. The number of nitrogens with one attached hydrogen (secondary N) is 1. The maximum Gasteiger partial charge on any atom is 0.263 e. The second-order valence-electron chi connectivity index (χ2n) is 7.09. The van der Waals surface area contributed by atoms with Crippen molar-refractivity contribution in [3.63, 3.8) is 0 Å². The van der Waals surface area contributed by atoms with Crippen LogP contribution in [0.2, 0.25) is 0 Å². The van der Waals surface area contributed by atoms with Gasteiger partial charge in [-0.05, 0) is 50.3 Å². The van der Waals surface area contributed by atoms with Gasteiger partial charge in [0.25, 0.3) is 5.56 Å². The first kappa shape index (κ1) is 19.3. The Morgan fingerprint density at radius 2 is 2.07 bits per heavy atom. The van der Waals surface area contributed by atoms with Gasteiger partial charge in [0.2, 0.25) is 5.91 Å². The minimum absolute atomic E-state index is 0.00517. The van der Waals surface area contributed by atoms with Crippen molar-refractivity contribution in [1.29, 1.82) is 0 Å². The van der Waals surface area contributed by atoms with Crippen molar-refractivity contribution in [1.82, 2.24) is 19.8 Å². The van der Waals surface area contributed by atoms with Crippen LogP contribution in [0.3, 0.4) is 0 Å². The van der Waals surface area contributed by atoms with Crippen molar-refractivity contribution in [3.8, 4) is 10.4 Å². The first-order chi connectivity index (χ1) is 13.7. The number of hydrogen-bond acceptors (Lipinski definition) is 6. The molecular weight excluding hydrogens is 392 g/mol. The Morgan fingerprint density at radius 1 is 1.21 bits per heavy atom. The Bertz CT molecular complexity index is 987. The quantitative estimate of drug-likeness (QED) is 0.601. The number of carbonyl (C=O) groups excluding carboxylic acids is 1. The van der Waals surface area contributed by atoms with Crippen LogP contribution < -0.4 is 10.9 Å². The molecule has 0 radical (unpaired) electrons. The van der Waals surface area contributed by atoms with E-state index in [4.69, 9.17) is 0 Å². The zero-order valence-corrected chi connectivity index (χ0v) is 17.4. The number of likely N-dealkylation sites (tertiary alicyclic amines) is 1. The molecule has 28 heavy (non-hydrogen) atoms. The Hall–Kier alpha value is -2.03. The van der Waals surface area contributed by atoms with Gasteiger partial charge in [-0.2, -0.15) is 0 Å². The van der Waals surface area contributed by atoms with Crippen LogP contribution in [0.1, 0.15) is 25.7 Å². The summed E-state index contributed by atoms with van der Waals surface area (Å²) in [7, 11) is 0. The van der Waals surface area contributed by atoms with Crippen LogP contribution in [-0.2, 0) is 11.3 Å². The summed E-state index contributed by atoms with van der Waals surface area (Å²) >= 11 is 3.06. The molecule has 3 aromatic rings. The molecule has 6 nitrogen and oxygen atoms in total. The number of amides is 1. The van der Waals surface area contributed by atoms with Crippen LogP contribution in [-0.4, -0.2) is 46.5 Å². The molecule has 0 aromatic carbocycles. The monoisotopic (exact) mass is 416 g/mol. The van der Waals surface area contributed by atoms with E-state index in [9.17, 15) is 9.59 Å². The number of thiophene rings is 2. The van der Waals surface area contributed by atoms with Crippen molar-refractivity contribution >= 4 is 38.8 Å². The van der Waals surface area contributed by atoms with Gasteiger partial charge in [-0.15, -0.1) is 22.7 Å². The van der Waals surface area contributed by atoms with Gasteiger partial charge in [0, 0.05) is 22.4 Å². The molecule has 1 saturated heterocycles. The summed E-state index contributed by atoms with van der Waals surface area (Å²) in [5.41, 5.74) is 0.752. The number of nitrogens with zero attached hydrogens (tertiary/aromatic N) is 3. The van der Waals surface area contributed by atoms with Crippen LogP contribution in [0.5, 0.6) is 0 Å². The van der Waals surface area contributed by atoms with E-state index in [-0.39, 0.29) is 18.0 Å². The van der Waals surface area contributed by atoms with Gasteiger partial charge >= 0.3 is 0 Å². The Kier molecular flexibility index (Phi) is 6.19. The predicted molar refractivity (Wildman–Crippen MR) is 115 cm³/mol. The summed E-state index contributed by atoms with van der Waals surface area (Å²) in [4.78, 5) is 33.8. The molecule has 1 aliphatic rings. The minimum atomic E-state index is -0.155. The van der Waals surface area contributed by atoms with Crippen molar-refractivity contribution in [2.24, 2.45) is 0 Å². The summed E-state index contributed by atoms with van der Waals surface area (Å²) in [6.07, 6.45) is 6.30. The summed E-state index contributed by atoms with van der Waals surface area (Å²) in [5, 5.41) is 7.50. The molecule has 0 saturated carbocycles. The zero-order chi connectivity index (χ0) is 19.3. The molecule has 3 aromatic heterocycles. The number of rotatable bonds is 7. The summed E-state index contributed by atoms with van der Waals surface area (Å²) in [5.74, 6) is -0.144. The summed E-state index contributed by atoms with van der Waals surface area (Å²) < 4.78 is 1.41. The standard InChI is InChI=1S/C20H24N4O2S2/c25-17(21-7-5-10-23-8-2-1-3-9-23)12-24-14-22-19-18(20(24)26)15(13-28-19)16-6-4-11-27-16/h4,6,11,13-14H,1-3,5,7-10,12H2,(H,21,25). The number of aromatic nitrogens is 2. The lowest BCUT2D eigenvalue weighted by molar-refractivity contribution is -0.121. The maximum atomic E-state index is 12.9. The summed E-state index contributed by atoms with van der Waals surface area (Å²) in [6, 6.07) is 3.97. The first-order valence-electron chi connectivity index (χ1n) is 9.72. The van der Waals surface area contributed by atoms with Gasteiger partial charge in [0.15, 0.2) is 0 Å². The largest absolute Gasteiger partial charge is 0.354 e. The van der Waals surface area contributed by atoms with Crippen LogP contribution in [0, 0.1) is 0 Å². The van der Waals surface area contributed by atoms with Gasteiger partial charge in [-0.1, -0.05) is 12.5 Å². The molecule has 1 aliphatic heterocycles. The third kappa shape index (κ3) is 4.34. The predicted octanol–water partition coefficient (Wildman–Crippen LogP) is 3.18. The Labute approximate surface area is 171 Å². The lowest BCUT2D eigenvalue weighted by Crippen LogP contribution is -2.35. The van der Waals surface area contributed by atoms with Crippen molar-refractivity contribution < 1.29 is 4.79 Å². The van der Waals surface area contributed by atoms with Gasteiger partial charge in [-0.25, -0.2) is 4.98 Å². The average Bonchev–Trinajstić information content (AvgIpc) is 3.38. The molecule has 148 valence electrons. The zero-order valence-electron chi connectivity index (χ0n) is 15.7. The van der Waals surface area contributed by atoms with Crippen LogP contribution >= 0.6 is 22.7 Å². The van der Waals surface area contributed by atoms with E-state index in [0.717, 1.165) is 23.4 Å². The SMILES string of the molecule is O=C(Cn1cnc2scc(-c3cccs3)c2c1=O)NCCCN1CCCCC1. The molecule has 0 spiro atoms. The molecule has 1 fully saturated rings. The molecule has 0 atom stereocenters. The molecule has 4 heterocycles. The van der Waals surface area contributed by atoms with E-state index < -0.39 is 0 Å². The van der Waals surface area contributed by atoms with E-state index in [0.29, 0.717) is 16.8 Å². The molecule has 0 aliphatic carbocycles. The molecule has 1 N–H and O–H groups in total. The molecule has 8 heteroatoms. The Morgan fingerprint density at radius 3 is 2.86 bits per heavy atom. The molecular formula is C20H24N4O2S2. The second kappa shape index (κ2) is 8.98. The number of fused-ring (bicyclic) bond motifs is 1. The molecule has 1 amide bonds. The fourth-order valence-electron chi connectivity index (χ4n) is 3.62. The fraction of sp³-hybridized carbons (Fsp3) is 0.450. The number of carbonyl (C=O) groups is 1. The maximum absolute atomic E-state index is 12.9. The highest BCUT2D eigenvalue weighted by molar-refractivity contribution is 7.18. The van der Waals surface area contributed by atoms with Crippen LogP contribution in [0.4, 0.5) is 0 Å². The lowest BCUT2D eigenvalue weighted by atomic mass is 10.1. The topological polar surface area (TPSA) is 67.2 Å². The average molecular weight is 417 g/mol.